The van der Waals surface area contributed by atoms with Crippen LogP contribution in [0.5, 0.6) is 0 Å². The molecule has 0 N–H and O–H groups in total. The molecule has 2 rings (SSSR count). The lowest BCUT2D eigenvalue weighted by Gasteiger charge is -2.22. The Bertz CT molecular complexity index is 288. The Hall–Kier alpha value is -0.760. The largest absolute Gasteiger partial charge is 0.465 e. The van der Waals surface area contributed by atoms with Gasteiger partial charge in [-0.15, -0.1) is 0 Å². The molecule has 0 aromatic carbocycles. The second-order valence-electron chi connectivity index (χ2n) is 4.02. The fourth-order valence-corrected chi connectivity index (χ4v) is 1.68. The standard InChI is InChI=1S/C11H17NO/c1-8-4-7-11(13-8)9(2)12(3)10-5-6-10/h4,7,9-10H,5-6H2,1-3H3. The summed E-state index contributed by atoms with van der Waals surface area (Å²) in [6, 6.07) is 5.33. The lowest BCUT2D eigenvalue weighted by Crippen LogP contribution is -2.24. The van der Waals surface area contributed by atoms with Crippen molar-refractivity contribution in [2.75, 3.05) is 7.05 Å². The predicted molar refractivity (Wildman–Crippen MR) is 52.6 cm³/mol. The van der Waals surface area contributed by atoms with Crippen LogP contribution in [-0.2, 0) is 0 Å². The summed E-state index contributed by atoms with van der Waals surface area (Å²) in [5.41, 5.74) is 0. The number of aryl methyl sites for hydroxylation is 1. The smallest absolute Gasteiger partial charge is 0.121 e. The molecule has 1 atom stereocenters. The number of furan rings is 1. The molecule has 0 aliphatic heterocycles. The van der Waals surface area contributed by atoms with Crippen molar-refractivity contribution in [3.05, 3.63) is 23.7 Å². The molecule has 0 saturated heterocycles. The molecule has 2 nitrogen and oxygen atoms in total. The molecule has 1 saturated carbocycles. The molecule has 1 heterocycles. The average molecular weight is 179 g/mol. The first-order chi connectivity index (χ1) is 6.18. The van der Waals surface area contributed by atoms with Gasteiger partial charge in [-0.1, -0.05) is 0 Å². The van der Waals surface area contributed by atoms with E-state index in [2.05, 4.69) is 24.9 Å². The van der Waals surface area contributed by atoms with Crippen LogP contribution >= 0.6 is 0 Å². The Kier molecular flexibility index (Phi) is 2.16. The van der Waals surface area contributed by atoms with Gasteiger partial charge in [-0.3, -0.25) is 4.90 Å². The van der Waals surface area contributed by atoms with Crippen molar-refractivity contribution >= 4 is 0 Å². The molecular formula is C11H17NO. The van der Waals surface area contributed by atoms with Gasteiger partial charge in [-0.05, 0) is 45.9 Å². The number of nitrogens with zero attached hydrogens (tertiary/aromatic N) is 1. The minimum Gasteiger partial charge on any atom is -0.465 e. The van der Waals surface area contributed by atoms with Crippen LogP contribution in [0.25, 0.3) is 0 Å². The highest BCUT2D eigenvalue weighted by atomic mass is 16.3. The second-order valence-corrected chi connectivity index (χ2v) is 4.02. The summed E-state index contributed by atoms with van der Waals surface area (Å²) in [6.45, 7) is 4.20. The van der Waals surface area contributed by atoms with E-state index in [0.29, 0.717) is 6.04 Å². The van der Waals surface area contributed by atoms with Gasteiger partial charge in [0.25, 0.3) is 0 Å². The summed E-state index contributed by atoms with van der Waals surface area (Å²) in [5, 5.41) is 0. The van der Waals surface area contributed by atoms with Crippen LogP contribution in [0.3, 0.4) is 0 Å². The molecule has 72 valence electrons. The van der Waals surface area contributed by atoms with Gasteiger partial charge < -0.3 is 4.42 Å². The number of rotatable bonds is 3. The summed E-state index contributed by atoms with van der Waals surface area (Å²) in [7, 11) is 2.18. The molecule has 1 fully saturated rings. The van der Waals surface area contributed by atoms with E-state index in [0.717, 1.165) is 17.6 Å². The van der Waals surface area contributed by atoms with Crippen molar-refractivity contribution in [1.82, 2.24) is 4.90 Å². The predicted octanol–water partition coefficient (Wildman–Crippen LogP) is 2.74. The van der Waals surface area contributed by atoms with Gasteiger partial charge in [-0.2, -0.15) is 0 Å². The highest BCUT2D eigenvalue weighted by Crippen LogP contribution is 2.32. The van der Waals surface area contributed by atoms with Gasteiger partial charge in [0.2, 0.25) is 0 Å². The molecule has 0 amide bonds. The monoisotopic (exact) mass is 179 g/mol. The Balaban J connectivity index is 2.06. The van der Waals surface area contributed by atoms with E-state index in [1.807, 2.05) is 13.0 Å². The number of hydrogen-bond acceptors (Lipinski definition) is 2. The minimum absolute atomic E-state index is 0.418. The van der Waals surface area contributed by atoms with Crippen LogP contribution in [-0.4, -0.2) is 18.0 Å². The van der Waals surface area contributed by atoms with E-state index >= 15 is 0 Å². The van der Waals surface area contributed by atoms with E-state index in [-0.39, 0.29) is 0 Å². The van der Waals surface area contributed by atoms with Gasteiger partial charge in [-0.25, -0.2) is 0 Å². The van der Waals surface area contributed by atoms with Crippen molar-refractivity contribution in [2.45, 2.75) is 38.8 Å². The van der Waals surface area contributed by atoms with E-state index < -0.39 is 0 Å². The average Bonchev–Trinajstić information content (AvgIpc) is 2.87. The first-order valence-electron chi connectivity index (χ1n) is 4.97. The number of hydrogen-bond donors (Lipinski definition) is 0. The molecule has 0 spiro atoms. The quantitative estimate of drug-likeness (QED) is 0.709. The molecule has 0 radical (unpaired) electrons. The summed E-state index contributed by atoms with van der Waals surface area (Å²) >= 11 is 0. The van der Waals surface area contributed by atoms with Gasteiger partial charge in [0.15, 0.2) is 0 Å². The fraction of sp³-hybridized carbons (Fsp3) is 0.636. The topological polar surface area (TPSA) is 16.4 Å². The van der Waals surface area contributed by atoms with Crippen molar-refractivity contribution in [1.29, 1.82) is 0 Å². The zero-order chi connectivity index (χ0) is 9.42. The molecule has 1 aromatic heterocycles. The van der Waals surface area contributed by atoms with E-state index in [4.69, 9.17) is 4.42 Å². The maximum atomic E-state index is 5.60. The van der Waals surface area contributed by atoms with E-state index in [1.54, 1.807) is 0 Å². The maximum absolute atomic E-state index is 5.60. The van der Waals surface area contributed by atoms with Crippen LogP contribution < -0.4 is 0 Å². The van der Waals surface area contributed by atoms with Crippen molar-refractivity contribution in [3.63, 3.8) is 0 Å². The Morgan fingerprint density at radius 2 is 2.15 bits per heavy atom. The van der Waals surface area contributed by atoms with Crippen LogP contribution in [0.15, 0.2) is 16.5 Å². The molecule has 1 aliphatic rings. The van der Waals surface area contributed by atoms with Gasteiger partial charge in [0.1, 0.15) is 11.5 Å². The fourth-order valence-electron chi connectivity index (χ4n) is 1.68. The summed E-state index contributed by atoms with van der Waals surface area (Å²) in [6.07, 6.45) is 2.70. The Morgan fingerprint density at radius 1 is 1.46 bits per heavy atom. The van der Waals surface area contributed by atoms with Gasteiger partial charge in [0, 0.05) is 6.04 Å². The van der Waals surface area contributed by atoms with Crippen molar-refractivity contribution in [3.8, 4) is 0 Å². The highest BCUT2D eigenvalue weighted by Gasteiger charge is 2.30. The molecule has 1 unspecified atom stereocenters. The van der Waals surface area contributed by atoms with Crippen LogP contribution in [0.4, 0.5) is 0 Å². The summed E-state index contributed by atoms with van der Waals surface area (Å²) in [4.78, 5) is 2.40. The maximum Gasteiger partial charge on any atom is 0.121 e. The Morgan fingerprint density at radius 3 is 2.62 bits per heavy atom. The second kappa shape index (κ2) is 3.18. The lowest BCUT2D eigenvalue weighted by molar-refractivity contribution is 0.220. The van der Waals surface area contributed by atoms with E-state index in [1.165, 1.54) is 12.8 Å². The van der Waals surface area contributed by atoms with Crippen LogP contribution in [0, 0.1) is 6.92 Å². The molecule has 2 heteroatoms. The van der Waals surface area contributed by atoms with Crippen molar-refractivity contribution < 1.29 is 4.42 Å². The Labute approximate surface area is 79.5 Å². The minimum atomic E-state index is 0.418. The highest BCUT2D eigenvalue weighted by molar-refractivity contribution is 5.09. The van der Waals surface area contributed by atoms with Crippen molar-refractivity contribution in [2.24, 2.45) is 0 Å². The summed E-state index contributed by atoms with van der Waals surface area (Å²) < 4.78 is 5.60. The third kappa shape index (κ3) is 1.78. The first-order valence-corrected chi connectivity index (χ1v) is 4.97. The molecule has 0 bridgehead atoms. The normalized spacial score (nSPS) is 19.4. The third-order valence-electron chi connectivity index (χ3n) is 2.91. The zero-order valence-electron chi connectivity index (χ0n) is 8.58. The van der Waals surface area contributed by atoms with Crippen LogP contribution in [0.2, 0.25) is 0 Å². The van der Waals surface area contributed by atoms with Gasteiger partial charge >= 0.3 is 0 Å². The van der Waals surface area contributed by atoms with Gasteiger partial charge in [0.05, 0.1) is 6.04 Å². The lowest BCUT2D eigenvalue weighted by atomic mass is 10.2. The molecular weight excluding hydrogens is 162 g/mol. The summed E-state index contributed by atoms with van der Waals surface area (Å²) in [5.74, 6) is 2.10. The first kappa shape index (κ1) is 8.82. The van der Waals surface area contributed by atoms with E-state index in [9.17, 15) is 0 Å². The van der Waals surface area contributed by atoms with Crippen LogP contribution in [0.1, 0.15) is 37.3 Å². The zero-order valence-corrected chi connectivity index (χ0v) is 8.58. The molecule has 13 heavy (non-hydrogen) atoms. The molecule has 1 aliphatic carbocycles. The SMILES string of the molecule is Cc1ccc(C(C)N(C)C2CC2)o1. The third-order valence-corrected chi connectivity index (χ3v) is 2.91. The molecule has 1 aromatic rings.